The SMILES string of the molecule is CN=C(NCC(=O)Nc1cccnc1)NCc1cc(C(C)C)no1.I. The maximum absolute atomic E-state index is 11.9. The van der Waals surface area contributed by atoms with Crippen LogP contribution < -0.4 is 16.0 Å². The zero-order valence-electron chi connectivity index (χ0n) is 14.4. The zero-order chi connectivity index (χ0) is 17.4. The van der Waals surface area contributed by atoms with E-state index in [9.17, 15) is 4.79 Å². The number of nitrogens with one attached hydrogen (secondary N) is 3. The molecule has 136 valence electrons. The Morgan fingerprint density at radius 2 is 2.16 bits per heavy atom. The molecule has 0 aliphatic heterocycles. The van der Waals surface area contributed by atoms with Crippen molar-refractivity contribution >= 4 is 41.5 Å². The third-order valence-electron chi connectivity index (χ3n) is 3.18. The summed E-state index contributed by atoms with van der Waals surface area (Å²) in [5.41, 5.74) is 1.56. The molecule has 0 aliphatic carbocycles. The molecule has 0 saturated heterocycles. The average Bonchev–Trinajstić information content (AvgIpc) is 3.05. The number of aromatic nitrogens is 2. The number of anilines is 1. The molecular weight excluding hydrogens is 435 g/mol. The van der Waals surface area contributed by atoms with Gasteiger partial charge in [-0.15, -0.1) is 24.0 Å². The number of aliphatic imine (C=N–C) groups is 1. The fourth-order valence-corrected chi connectivity index (χ4v) is 1.88. The van der Waals surface area contributed by atoms with Crippen LogP contribution in [-0.2, 0) is 11.3 Å². The third-order valence-corrected chi connectivity index (χ3v) is 3.18. The lowest BCUT2D eigenvalue weighted by atomic mass is 10.1. The minimum atomic E-state index is -0.187. The molecule has 25 heavy (non-hydrogen) atoms. The van der Waals surface area contributed by atoms with Crippen molar-refractivity contribution < 1.29 is 9.32 Å². The summed E-state index contributed by atoms with van der Waals surface area (Å²) in [5.74, 6) is 1.34. The molecule has 2 heterocycles. The summed E-state index contributed by atoms with van der Waals surface area (Å²) in [6, 6.07) is 5.43. The number of halogens is 1. The Morgan fingerprint density at radius 1 is 1.36 bits per heavy atom. The number of carbonyl (C=O) groups is 1. The van der Waals surface area contributed by atoms with Gasteiger partial charge in [-0.2, -0.15) is 0 Å². The molecule has 0 atom stereocenters. The molecular formula is C16H23IN6O2. The second-order valence-electron chi connectivity index (χ2n) is 5.44. The standard InChI is InChI=1S/C16H22N6O2.HI/c1-11(2)14-7-13(24-22-14)9-19-16(17-3)20-10-15(23)21-12-5-4-6-18-8-12;/h4-8,11H,9-10H2,1-3H3,(H,21,23)(H2,17,19,20);1H. The van der Waals surface area contributed by atoms with Crippen LogP contribution in [0.4, 0.5) is 5.69 Å². The topological polar surface area (TPSA) is 104 Å². The first kappa shape index (κ1) is 20.9. The van der Waals surface area contributed by atoms with Gasteiger partial charge in [0, 0.05) is 19.3 Å². The Kier molecular flexibility index (Phi) is 8.89. The van der Waals surface area contributed by atoms with Crippen molar-refractivity contribution in [2.45, 2.75) is 26.3 Å². The van der Waals surface area contributed by atoms with E-state index in [1.54, 1.807) is 31.6 Å². The van der Waals surface area contributed by atoms with Crippen LogP contribution in [0.2, 0.25) is 0 Å². The maximum atomic E-state index is 11.9. The van der Waals surface area contributed by atoms with Gasteiger partial charge in [-0.3, -0.25) is 14.8 Å². The number of pyridine rings is 1. The minimum Gasteiger partial charge on any atom is -0.359 e. The normalized spacial score (nSPS) is 11.0. The average molecular weight is 458 g/mol. The lowest BCUT2D eigenvalue weighted by Crippen LogP contribution is -2.41. The summed E-state index contributed by atoms with van der Waals surface area (Å²) in [5, 5.41) is 12.7. The molecule has 2 aromatic heterocycles. The first-order valence-corrected chi connectivity index (χ1v) is 7.68. The van der Waals surface area contributed by atoms with E-state index in [4.69, 9.17) is 4.52 Å². The van der Waals surface area contributed by atoms with Gasteiger partial charge in [0.05, 0.1) is 30.7 Å². The van der Waals surface area contributed by atoms with Gasteiger partial charge in [0.2, 0.25) is 5.91 Å². The van der Waals surface area contributed by atoms with E-state index in [0.29, 0.717) is 29.9 Å². The number of guanidine groups is 1. The van der Waals surface area contributed by atoms with Gasteiger partial charge in [-0.25, -0.2) is 0 Å². The van der Waals surface area contributed by atoms with E-state index >= 15 is 0 Å². The van der Waals surface area contributed by atoms with E-state index in [2.05, 4.69) is 44.9 Å². The highest BCUT2D eigenvalue weighted by molar-refractivity contribution is 14.0. The van der Waals surface area contributed by atoms with Gasteiger partial charge >= 0.3 is 0 Å². The summed E-state index contributed by atoms with van der Waals surface area (Å²) in [4.78, 5) is 19.9. The van der Waals surface area contributed by atoms with Crippen molar-refractivity contribution in [3.05, 3.63) is 42.0 Å². The van der Waals surface area contributed by atoms with Crippen molar-refractivity contribution in [1.29, 1.82) is 0 Å². The van der Waals surface area contributed by atoms with Crippen molar-refractivity contribution in [3.8, 4) is 0 Å². The molecule has 9 heteroatoms. The number of hydrogen-bond acceptors (Lipinski definition) is 5. The fraction of sp³-hybridized carbons (Fsp3) is 0.375. The minimum absolute atomic E-state index is 0. The molecule has 2 aromatic rings. The van der Waals surface area contributed by atoms with Gasteiger partial charge in [0.25, 0.3) is 0 Å². The molecule has 0 fully saturated rings. The van der Waals surface area contributed by atoms with Crippen molar-refractivity contribution in [2.24, 2.45) is 4.99 Å². The largest absolute Gasteiger partial charge is 0.359 e. The van der Waals surface area contributed by atoms with Crippen LogP contribution in [-0.4, -0.2) is 35.6 Å². The van der Waals surface area contributed by atoms with Gasteiger partial charge in [-0.05, 0) is 18.1 Å². The lowest BCUT2D eigenvalue weighted by molar-refractivity contribution is -0.115. The molecule has 0 aliphatic rings. The highest BCUT2D eigenvalue weighted by Gasteiger charge is 2.09. The first-order valence-electron chi connectivity index (χ1n) is 7.68. The molecule has 1 amide bonds. The molecule has 3 N–H and O–H groups in total. The smallest absolute Gasteiger partial charge is 0.243 e. The van der Waals surface area contributed by atoms with E-state index in [1.807, 2.05) is 6.07 Å². The Bertz CT molecular complexity index is 687. The van der Waals surface area contributed by atoms with E-state index < -0.39 is 0 Å². The number of nitrogens with zero attached hydrogens (tertiary/aromatic N) is 3. The van der Waals surface area contributed by atoms with E-state index in [0.717, 1.165) is 5.69 Å². The van der Waals surface area contributed by atoms with Crippen LogP contribution in [0, 0.1) is 0 Å². The van der Waals surface area contributed by atoms with Crippen LogP contribution in [0.3, 0.4) is 0 Å². The van der Waals surface area contributed by atoms with Crippen molar-refractivity contribution in [1.82, 2.24) is 20.8 Å². The summed E-state index contributed by atoms with van der Waals surface area (Å²) >= 11 is 0. The molecule has 8 nitrogen and oxygen atoms in total. The third kappa shape index (κ3) is 7.08. The highest BCUT2D eigenvalue weighted by Crippen LogP contribution is 2.13. The van der Waals surface area contributed by atoms with Crippen molar-refractivity contribution in [3.63, 3.8) is 0 Å². The Labute approximate surface area is 163 Å². The molecule has 0 aromatic carbocycles. The van der Waals surface area contributed by atoms with Gasteiger partial charge in [0.1, 0.15) is 0 Å². The van der Waals surface area contributed by atoms with Gasteiger partial charge in [-0.1, -0.05) is 19.0 Å². The maximum Gasteiger partial charge on any atom is 0.243 e. The highest BCUT2D eigenvalue weighted by atomic mass is 127. The summed E-state index contributed by atoms with van der Waals surface area (Å²) in [6.45, 7) is 4.62. The van der Waals surface area contributed by atoms with E-state index in [-0.39, 0.29) is 36.4 Å². The van der Waals surface area contributed by atoms with Gasteiger partial charge < -0.3 is 20.5 Å². The lowest BCUT2D eigenvalue weighted by Gasteiger charge is -2.10. The van der Waals surface area contributed by atoms with Crippen LogP contribution in [0.25, 0.3) is 0 Å². The predicted octanol–water partition coefficient (Wildman–Crippen LogP) is 2.11. The van der Waals surface area contributed by atoms with Crippen molar-refractivity contribution in [2.75, 3.05) is 18.9 Å². The molecule has 0 unspecified atom stereocenters. The fourth-order valence-electron chi connectivity index (χ4n) is 1.88. The molecule has 0 spiro atoms. The molecule has 2 rings (SSSR count). The summed E-state index contributed by atoms with van der Waals surface area (Å²) in [7, 11) is 1.63. The Hall–Kier alpha value is -2.17. The van der Waals surface area contributed by atoms with Gasteiger partial charge in [0.15, 0.2) is 11.7 Å². The number of rotatable bonds is 6. The quantitative estimate of drug-likeness (QED) is 0.348. The number of hydrogen-bond donors (Lipinski definition) is 3. The molecule has 0 bridgehead atoms. The summed E-state index contributed by atoms with van der Waals surface area (Å²) < 4.78 is 5.24. The van der Waals surface area contributed by atoms with Crippen LogP contribution >= 0.6 is 24.0 Å². The monoisotopic (exact) mass is 458 g/mol. The predicted molar refractivity (Wildman–Crippen MR) is 107 cm³/mol. The number of carbonyl (C=O) groups excluding carboxylic acids is 1. The zero-order valence-corrected chi connectivity index (χ0v) is 16.8. The van der Waals surface area contributed by atoms with Crippen LogP contribution in [0.5, 0.6) is 0 Å². The van der Waals surface area contributed by atoms with Crippen LogP contribution in [0.1, 0.15) is 31.2 Å². The van der Waals surface area contributed by atoms with E-state index in [1.165, 1.54) is 0 Å². The number of amides is 1. The van der Waals surface area contributed by atoms with Crippen LogP contribution in [0.15, 0.2) is 40.1 Å². The second-order valence-corrected chi connectivity index (χ2v) is 5.44. The Morgan fingerprint density at radius 3 is 2.76 bits per heavy atom. The molecule has 0 saturated carbocycles. The first-order chi connectivity index (χ1) is 11.6. The second kappa shape index (κ2) is 10.6. The Balaban J connectivity index is 0.00000312. The molecule has 0 radical (unpaired) electrons. The summed E-state index contributed by atoms with van der Waals surface area (Å²) in [6.07, 6.45) is 3.23.